The third kappa shape index (κ3) is 8.25. The van der Waals surface area contributed by atoms with Gasteiger partial charge in [0.05, 0.1) is 13.2 Å². The Kier molecular flexibility index (Phi) is 9.86. The Hall–Kier alpha value is -1.26. The van der Waals surface area contributed by atoms with Gasteiger partial charge in [-0.3, -0.25) is 4.90 Å². The van der Waals surface area contributed by atoms with Crippen molar-refractivity contribution in [1.82, 2.24) is 4.90 Å². The van der Waals surface area contributed by atoms with Crippen molar-refractivity contribution in [3.63, 3.8) is 0 Å². The van der Waals surface area contributed by atoms with E-state index in [-0.39, 0.29) is 17.8 Å². The van der Waals surface area contributed by atoms with Gasteiger partial charge in [0.2, 0.25) is 0 Å². The SMILES string of the molecule is CC(C)CCCOC(=O)C(C(C)C)N(C)C(=O)OCC(C)C. The molecule has 1 unspecified atom stereocenters. The lowest BCUT2D eigenvalue weighted by Crippen LogP contribution is -2.47. The number of ether oxygens (including phenoxy) is 2. The first-order chi connectivity index (χ1) is 10.2. The standard InChI is InChI=1S/C17H33NO4/c1-12(2)9-8-10-21-16(19)15(14(5)6)18(7)17(20)22-11-13(3)4/h12-15H,8-11H2,1-7H3. The molecular weight excluding hydrogens is 282 g/mol. The molecule has 5 nitrogen and oxygen atoms in total. The average Bonchev–Trinajstić information content (AvgIpc) is 2.40. The Morgan fingerprint density at radius 1 is 0.955 bits per heavy atom. The molecule has 1 amide bonds. The average molecular weight is 315 g/mol. The second-order valence-electron chi connectivity index (χ2n) is 6.97. The normalized spacial score (nSPS) is 12.6. The summed E-state index contributed by atoms with van der Waals surface area (Å²) in [5, 5.41) is 0. The van der Waals surface area contributed by atoms with E-state index in [2.05, 4.69) is 13.8 Å². The van der Waals surface area contributed by atoms with Gasteiger partial charge in [0.15, 0.2) is 0 Å². The molecule has 0 aliphatic heterocycles. The summed E-state index contributed by atoms with van der Waals surface area (Å²) in [7, 11) is 1.59. The van der Waals surface area contributed by atoms with Gasteiger partial charge in [-0.2, -0.15) is 0 Å². The van der Waals surface area contributed by atoms with Gasteiger partial charge in [-0.15, -0.1) is 0 Å². The van der Waals surface area contributed by atoms with Crippen LogP contribution in [0.2, 0.25) is 0 Å². The van der Waals surface area contributed by atoms with E-state index in [1.165, 1.54) is 4.90 Å². The van der Waals surface area contributed by atoms with Crippen LogP contribution < -0.4 is 0 Å². The van der Waals surface area contributed by atoms with Crippen LogP contribution in [0.15, 0.2) is 0 Å². The zero-order valence-corrected chi connectivity index (χ0v) is 15.2. The number of hydrogen-bond acceptors (Lipinski definition) is 4. The van der Waals surface area contributed by atoms with Crippen molar-refractivity contribution in [2.24, 2.45) is 17.8 Å². The largest absolute Gasteiger partial charge is 0.464 e. The highest BCUT2D eigenvalue weighted by Gasteiger charge is 2.32. The van der Waals surface area contributed by atoms with Crippen LogP contribution in [0.4, 0.5) is 4.79 Å². The minimum absolute atomic E-state index is 0.0331. The summed E-state index contributed by atoms with van der Waals surface area (Å²) in [6, 6.07) is -0.612. The fraction of sp³-hybridized carbons (Fsp3) is 0.882. The molecule has 0 aromatic carbocycles. The first-order valence-electron chi connectivity index (χ1n) is 8.23. The van der Waals surface area contributed by atoms with Gasteiger partial charge in [-0.25, -0.2) is 9.59 Å². The van der Waals surface area contributed by atoms with Crippen LogP contribution in [0.25, 0.3) is 0 Å². The van der Waals surface area contributed by atoms with E-state index in [1.807, 2.05) is 27.7 Å². The molecule has 0 N–H and O–H groups in total. The maximum absolute atomic E-state index is 12.2. The molecule has 0 saturated heterocycles. The minimum Gasteiger partial charge on any atom is -0.464 e. The number of carbonyl (C=O) groups is 2. The van der Waals surface area contributed by atoms with E-state index in [4.69, 9.17) is 9.47 Å². The molecule has 0 bridgehead atoms. The molecule has 0 heterocycles. The molecule has 130 valence electrons. The van der Waals surface area contributed by atoms with Gasteiger partial charge in [0, 0.05) is 7.05 Å². The number of likely N-dealkylation sites (N-methyl/N-ethyl adjacent to an activating group) is 1. The maximum Gasteiger partial charge on any atom is 0.410 e. The number of hydrogen-bond donors (Lipinski definition) is 0. The molecule has 0 spiro atoms. The van der Waals surface area contributed by atoms with E-state index in [0.29, 0.717) is 19.1 Å². The lowest BCUT2D eigenvalue weighted by molar-refractivity contribution is -0.150. The van der Waals surface area contributed by atoms with Crippen molar-refractivity contribution in [2.45, 2.75) is 60.4 Å². The molecular formula is C17H33NO4. The van der Waals surface area contributed by atoms with Gasteiger partial charge >= 0.3 is 12.1 Å². The van der Waals surface area contributed by atoms with Crippen molar-refractivity contribution >= 4 is 12.1 Å². The van der Waals surface area contributed by atoms with Crippen molar-refractivity contribution in [2.75, 3.05) is 20.3 Å². The third-order valence-electron chi connectivity index (χ3n) is 3.29. The molecule has 0 aromatic rings. The Labute approximate surface area is 135 Å². The first kappa shape index (κ1) is 20.7. The van der Waals surface area contributed by atoms with Gasteiger partial charge in [-0.1, -0.05) is 41.5 Å². The van der Waals surface area contributed by atoms with Crippen LogP contribution in [0.5, 0.6) is 0 Å². The Balaban J connectivity index is 4.49. The summed E-state index contributed by atoms with van der Waals surface area (Å²) in [5.41, 5.74) is 0. The van der Waals surface area contributed by atoms with Gasteiger partial charge in [0.25, 0.3) is 0 Å². The zero-order chi connectivity index (χ0) is 17.3. The van der Waals surface area contributed by atoms with Crippen molar-refractivity contribution in [3.8, 4) is 0 Å². The van der Waals surface area contributed by atoms with Gasteiger partial charge < -0.3 is 9.47 Å². The highest BCUT2D eigenvalue weighted by atomic mass is 16.6. The van der Waals surface area contributed by atoms with E-state index < -0.39 is 12.1 Å². The topological polar surface area (TPSA) is 55.8 Å². The molecule has 0 aliphatic carbocycles. The molecule has 0 fully saturated rings. The van der Waals surface area contributed by atoms with Crippen LogP contribution in [0, 0.1) is 17.8 Å². The van der Waals surface area contributed by atoms with Crippen LogP contribution in [-0.2, 0) is 14.3 Å². The molecule has 0 radical (unpaired) electrons. The summed E-state index contributed by atoms with van der Waals surface area (Å²) in [5.74, 6) is 0.461. The second-order valence-corrected chi connectivity index (χ2v) is 6.97. The summed E-state index contributed by atoms with van der Waals surface area (Å²) in [4.78, 5) is 25.6. The Morgan fingerprint density at radius 2 is 1.55 bits per heavy atom. The quantitative estimate of drug-likeness (QED) is 0.481. The third-order valence-corrected chi connectivity index (χ3v) is 3.29. The lowest BCUT2D eigenvalue weighted by atomic mass is 10.0. The predicted molar refractivity (Wildman–Crippen MR) is 87.6 cm³/mol. The molecule has 0 saturated carbocycles. The fourth-order valence-corrected chi connectivity index (χ4v) is 2.08. The first-order valence-corrected chi connectivity index (χ1v) is 8.23. The molecule has 22 heavy (non-hydrogen) atoms. The fourth-order valence-electron chi connectivity index (χ4n) is 2.08. The van der Waals surface area contributed by atoms with Crippen molar-refractivity contribution in [1.29, 1.82) is 0 Å². The molecule has 0 aromatic heterocycles. The summed E-state index contributed by atoms with van der Waals surface area (Å²) >= 11 is 0. The summed E-state index contributed by atoms with van der Waals surface area (Å²) in [6.45, 7) is 12.7. The minimum atomic E-state index is -0.612. The van der Waals surface area contributed by atoms with Gasteiger partial charge in [0.1, 0.15) is 6.04 Å². The van der Waals surface area contributed by atoms with Crippen LogP contribution in [0.1, 0.15) is 54.4 Å². The number of esters is 1. The van der Waals surface area contributed by atoms with E-state index in [9.17, 15) is 9.59 Å². The number of amides is 1. The van der Waals surface area contributed by atoms with E-state index >= 15 is 0 Å². The summed E-state index contributed by atoms with van der Waals surface area (Å²) in [6.07, 6.45) is 1.38. The highest BCUT2D eigenvalue weighted by molar-refractivity contribution is 5.81. The maximum atomic E-state index is 12.2. The molecule has 1 atom stereocenters. The Bertz CT molecular complexity index is 340. The van der Waals surface area contributed by atoms with Crippen LogP contribution in [0.3, 0.4) is 0 Å². The number of carbonyl (C=O) groups excluding carboxylic acids is 2. The van der Waals surface area contributed by atoms with Crippen molar-refractivity contribution < 1.29 is 19.1 Å². The van der Waals surface area contributed by atoms with E-state index in [0.717, 1.165) is 12.8 Å². The van der Waals surface area contributed by atoms with Crippen LogP contribution in [-0.4, -0.2) is 43.3 Å². The molecule has 5 heteroatoms. The van der Waals surface area contributed by atoms with Gasteiger partial charge in [-0.05, 0) is 30.6 Å². The van der Waals surface area contributed by atoms with Crippen LogP contribution >= 0.6 is 0 Å². The Morgan fingerprint density at radius 3 is 2.00 bits per heavy atom. The number of rotatable bonds is 9. The zero-order valence-electron chi connectivity index (χ0n) is 15.2. The predicted octanol–water partition coefficient (Wildman–Crippen LogP) is 3.71. The monoisotopic (exact) mass is 315 g/mol. The van der Waals surface area contributed by atoms with Crippen molar-refractivity contribution in [3.05, 3.63) is 0 Å². The molecule has 0 rings (SSSR count). The smallest absolute Gasteiger partial charge is 0.410 e. The summed E-state index contributed by atoms with van der Waals surface area (Å²) < 4.78 is 10.5. The van der Waals surface area contributed by atoms with E-state index in [1.54, 1.807) is 7.05 Å². The lowest BCUT2D eigenvalue weighted by Gasteiger charge is -2.29. The number of nitrogens with zero attached hydrogens (tertiary/aromatic N) is 1. The molecule has 0 aliphatic rings. The highest BCUT2D eigenvalue weighted by Crippen LogP contribution is 2.14. The second kappa shape index (κ2) is 10.5.